The molecule has 0 aliphatic carbocycles. The lowest BCUT2D eigenvalue weighted by molar-refractivity contribution is 0.0526. The summed E-state index contributed by atoms with van der Waals surface area (Å²) in [5.41, 5.74) is 3.01. The molecule has 0 N–H and O–H groups in total. The van der Waals surface area contributed by atoms with Crippen LogP contribution in [0.2, 0.25) is 0 Å². The number of methoxy groups -OCH3 is 1. The average molecular weight is 312 g/mol. The number of pyridine rings is 1. The van der Waals surface area contributed by atoms with Gasteiger partial charge in [-0.3, -0.25) is 0 Å². The van der Waals surface area contributed by atoms with Gasteiger partial charge in [0, 0.05) is 24.8 Å². The van der Waals surface area contributed by atoms with E-state index in [1.807, 2.05) is 18.2 Å². The van der Waals surface area contributed by atoms with E-state index in [2.05, 4.69) is 16.0 Å². The van der Waals surface area contributed by atoms with Gasteiger partial charge in [0.2, 0.25) is 0 Å². The van der Waals surface area contributed by atoms with E-state index in [4.69, 9.17) is 9.47 Å². The Bertz CT molecular complexity index is 698. The molecule has 0 saturated carbocycles. The van der Waals surface area contributed by atoms with Crippen molar-refractivity contribution >= 4 is 11.8 Å². The predicted octanol–water partition coefficient (Wildman–Crippen LogP) is 2.83. The fraction of sp³-hybridized carbons (Fsp3) is 0.333. The number of aromatic nitrogens is 1. The first kappa shape index (κ1) is 15.3. The van der Waals surface area contributed by atoms with E-state index in [9.17, 15) is 4.79 Å². The molecule has 1 aliphatic rings. The Morgan fingerprint density at radius 2 is 2.17 bits per heavy atom. The van der Waals surface area contributed by atoms with Gasteiger partial charge in [-0.05, 0) is 37.1 Å². The molecule has 0 saturated heterocycles. The largest absolute Gasteiger partial charge is 0.496 e. The van der Waals surface area contributed by atoms with Crippen LogP contribution in [0.25, 0.3) is 0 Å². The molecule has 0 radical (unpaired) electrons. The number of ether oxygens (including phenoxy) is 2. The smallest absolute Gasteiger partial charge is 0.339 e. The summed E-state index contributed by atoms with van der Waals surface area (Å²) in [5, 5.41) is 0. The Balaban J connectivity index is 1.77. The highest BCUT2D eigenvalue weighted by Gasteiger charge is 2.20. The van der Waals surface area contributed by atoms with Crippen LogP contribution >= 0.6 is 0 Å². The van der Waals surface area contributed by atoms with Crippen LogP contribution in [0.4, 0.5) is 5.82 Å². The van der Waals surface area contributed by atoms with Crippen LogP contribution in [0.5, 0.6) is 5.75 Å². The van der Waals surface area contributed by atoms with Gasteiger partial charge in [-0.1, -0.05) is 12.1 Å². The molecular weight excluding hydrogens is 292 g/mol. The van der Waals surface area contributed by atoms with Crippen molar-refractivity contribution in [1.82, 2.24) is 4.98 Å². The van der Waals surface area contributed by atoms with Gasteiger partial charge in [0.1, 0.15) is 11.6 Å². The number of anilines is 1. The molecule has 0 amide bonds. The number of fused-ring (bicyclic) bond motifs is 1. The van der Waals surface area contributed by atoms with Crippen molar-refractivity contribution in [3.8, 4) is 5.75 Å². The van der Waals surface area contributed by atoms with Crippen LogP contribution in [0, 0.1) is 0 Å². The summed E-state index contributed by atoms with van der Waals surface area (Å²) in [6, 6.07) is 9.77. The minimum atomic E-state index is -0.333. The molecule has 0 bridgehead atoms. The van der Waals surface area contributed by atoms with Crippen LogP contribution < -0.4 is 9.64 Å². The highest BCUT2D eigenvalue weighted by Crippen LogP contribution is 2.29. The van der Waals surface area contributed by atoms with Crippen molar-refractivity contribution in [2.24, 2.45) is 0 Å². The molecule has 0 atom stereocenters. The van der Waals surface area contributed by atoms with Crippen molar-refractivity contribution in [2.45, 2.75) is 19.9 Å². The van der Waals surface area contributed by atoms with Crippen LogP contribution in [0.1, 0.15) is 28.4 Å². The van der Waals surface area contributed by atoms with E-state index in [-0.39, 0.29) is 5.97 Å². The van der Waals surface area contributed by atoms with Crippen LogP contribution in [0.15, 0.2) is 36.5 Å². The first-order valence-electron chi connectivity index (χ1n) is 7.75. The van der Waals surface area contributed by atoms with Gasteiger partial charge in [0.05, 0.1) is 19.3 Å². The van der Waals surface area contributed by atoms with E-state index in [0.717, 1.165) is 31.1 Å². The number of benzene rings is 1. The Labute approximate surface area is 135 Å². The molecule has 2 aromatic rings. The molecule has 0 unspecified atom stereocenters. The molecule has 1 aromatic carbocycles. The number of hydrogen-bond acceptors (Lipinski definition) is 5. The van der Waals surface area contributed by atoms with Crippen molar-refractivity contribution in [3.05, 3.63) is 53.2 Å². The number of carbonyl (C=O) groups excluding carboxylic acids is 1. The molecule has 3 rings (SSSR count). The molecule has 2 heterocycles. The van der Waals surface area contributed by atoms with Crippen molar-refractivity contribution < 1.29 is 14.3 Å². The number of rotatable bonds is 4. The first-order chi connectivity index (χ1) is 11.2. The maximum absolute atomic E-state index is 11.7. The summed E-state index contributed by atoms with van der Waals surface area (Å²) in [6.07, 6.45) is 2.50. The number of carbonyl (C=O) groups is 1. The van der Waals surface area contributed by atoms with Crippen molar-refractivity contribution in [3.63, 3.8) is 0 Å². The fourth-order valence-corrected chi connectivity index (χ4v) is 2.87. The lowest BCUT2D eigenvalue weighted by atomic mass is 9.98. The van der Waals surface area contributed by atoms with E-state index >= 15 is 0 Å². The zero-order chi connectivity index (χ0) is 16.2. The minimum absolute atomic E-state index is 0.333. The van der Waals surface area contributed by atoms with Crippen molar-refractivity contribution in [1.29, 1.82) is 0 Å². The highest BCUT2D eigenvalue weighted by molar-refractivity contribution is 5.89. The molecule has 23 heavy (non-hydrogen) atoms. The molecular formula is C18H20N2O3. The maximum Gasteiger partial charge on any atom is 0.339 e. The normalized spacial score (nSPS) is 13.4. The van der Waals surface area contributed by atoms with Crippen LogP contribution in [0.3, 0.4) is 0 Å². The Hall–Kier alpha value is -2.56. The third kappa shape index (κ3) is 3.13. The molecule has 1 aliphatic heterocycles. The lowest BCUT2D eigenvalue weighted by Crippen LogP contribution is -2.31. The van der Waals surface area contributed by atoms with Gasteiger partial charge in [0.15, 0.2) is 0 Å². The fourth-order valence-electron chi connectivity index (χ4n) is 2.87. The van der Waals surface area contributed by atoms with E-state index < -0.39 is 0 Å². The van der Waals surface area contributed by atoms with Gasteiger partial charge in [-0.2, -0.15) is 0 Å². The van der Waals surface area contributed by atoms with Gasteiger partial charge in [0.25, 0.3) is 0 Å². The molecule has 1 aromatic heterocycles. The monoisotopic (exact) mass is 312 g/mol. The van der Waals surface area contributed by atoms with Gasteiger partial charge >= 0.3 is 5.97 Å². The van der Waals surface area contributed by atoms with Crippen LogP contribution in [-0.4, -0.2) is 31.2 Å². The molecule has 5 heteroatoms. The second-order valence-corrected chi connectivity index (χ2v) is 5.40. The standard InChI is InChI=1S/C18H20N2O3/c1-3-23-18(21)13-7-8-17(19-11-13)20-10-9-15-14(12-20)5-4-6-16(15)22-2/h4-8,11H,3,9-10,12H2,1-2H3. The summed E-state index contributed by atoms with van der Waals surface area (Å²) >= 11 is 0. The SMILES string of the molecule is CCOC(=O)c1ccc(N2CCc3c(cccc3OC)C2)nc1. The summed E-state index contributed by atoms with van der Waals surface area (Å²) < 4.78 is 10.4. The molecule has 120 valence electrons. The number of esters is 1. The zero-order valence-electron chi connectivity index (χ0n) is 13.4. The predicted molar refractivity (Wildman–Crippen MR) is 87.9 cm³/mol. The van der Waals surface area contributed by atoms with Gasteiger partial charge in [-0.15, -0.1) is 0 Å². The third-order valence-corrected chi connectivity index (χ3v) is 4.03. The zero-order valence-corrected chi connectivity index (χ0v) is 13.4. The number of hydrogen-bond donors (Lipinski definition) is 0. The second-order valence-electron chi connectivity index (χ2n) is 5.40. The van der Waals surface area contributed by atoms with Crippen LogP contribution in [-0.2, 0) is 17.7 Å². The Morgan fingerprint density at radius 1 is 1.30 bits per heavy atom. The van der Waals surface area contributed by atoms with E-state index in [1.165, 1.54) is 11.1 Å². The van der Waals surface area contributed by atoms with E-state index in [0.29, 0.717) is 12.2 Å². The van der Waals surface area contributed by atoms with Crippen molar-refractivity contribution in [2.75, 3.05) is 25.2 Å². The quantitative estimate of drug-likeness (QED) is 0.813. The molecule has 5 nitrogen and oxygen atoms in total. The summed E-state index contributed by atoms with van der Waals surface area (Å²) in [5.74, 6) is 1.49. The maximum atomic E-state index is 11.7. The third-order valence-electron chi connectivity index (χ3n) is 4.03. The molecule has 0 spiro atoms. The topological polar surface area (TPSA) is 51.7 Å². The summed E-state index contributed by atoms with van der Waals surface area (Å²) in [7, 11) is 1.71. The Kier molecular flexibility index (Phi) is 4.46. The second kappa shape index (κ2) is 6.69. The number of nitrogens with zero attached hydrogens (tertiary/aromatic N) is 2. The summed E-state index contributed by atoms with van der Waals surface area (Å²) in [4.78, 5) is 18.3. The van der Waals surface area contributed by atoms with E-state index in [1.54, 1.807) is 26.3 Å². The Morgan fingerprint density at radius 3 is 2.87 bits per heavy atom. The summed E-state index contributed by atoms with van der Waals surface area (Å²) in [6.45, 7) is 3.82. The first-order valence-corrected chi connectivity index (χ1v) is 7.75. The lowest BCUT2D eigenvalue weighted by Gasteiger charge is -2.30. The highest BCUT2D eigenvalue weighted by atomic mass is 16.5. The minimum Gasteiger partial charge on any atom is -0.496 e. The molecule has 0 fully saturated rings. The van der Waals surface area contributed by atoms with Gasteiger partial charge in [-0.25, -0.2) is 9.78 Å². The van der Waals surface area contributed by atoms with Gasteiger partial charge < -0.3 is 14.4 Å². The average Bonchev–Trinajstić information content (AvgIpc) is 2.61.